The molecule has 1 aromatic heterocycles. The fourth-order valence-corrected chi connectivity index (χ4v) is 1.94. The third-order valence-corrected chi connectivity index (χ3v) is 2.98. The number of rotatable bonds is 1. The minimum Gasteiger partial charge on any atom is -0.478 e. The number of nitrogens with zero attached hydrogens (tertiary/aromatic N) is 1. The molecule has 0 bridgehead atoms. The molecule has 1 aromatic rings. The number of carboxylic acids is 1. The summed E-state index contributed by atoms with van der Waals surface area (Å²) in [5.41, 5.74) is 0.964. The van der Waals surface area contributed by atoms with Crippen LogP contribution in [0, 0.1) is 6.92 Å². The highest BCUT2D eigenvalue weighted by Crippen LogP contribution is 2.26. The van der Waals surface area contributed by atoms with Crippen LogP contribution in [0.1, 0.15) is 15.9 Å². The molecule has 0 saturated heterocycles. The van der Waals surface area contributed by atoms with Gasteiger partial charge < -0.3 is 5.11 Å². The Hall–Kier alpha value is -0.420. The molecule has 12 heavy (non-hydrogen) atoms. The number of hydrogen-bond acceptors (Lipinski definition) is 2. The molecule has 1 rings (SSSR count). The fourth-order valence-electron chi connectivity index (χ4n) is 0.745. The Morgan fingerprint density at radius 3 is 2.58 bits per heavy atom. The molecule has 0 amide bonds. The molecule has 0 saturated carbocycles. The average Bonchev–Trinajstić information content (AvgIpc) is 1.97. The summed E-state index contributed by atoms with van der Waals surface area (Å²) in [6, 6.07) is 0. The number of pyridine rings is 1. The molecule has 1 N–H and O–H groups in total. The van der Waals surface area contributed by atoms with Crippen LogP contribution in [0.4, 0.5) is 0 Å². The molecule has 64 valence electrons. The highest BCUT2D eigenvalue weighted by atomic mass is 79.9. The van der Waals surface area contributed by atoms with Crippen molar-refractivity contribution < 1.29 is 9.90 Å². The van der Waals surface area contributed by atoms with Gasteiger partial charge in [0.2, 0.25) is 0 Å². The average molecular weight is 295 g/mol. The third-order valence-electron chi connectivity index (χ3n) is 1.36. The van der Waals surface area contributed by atoms with Crippen LogP contribution in [0.5, 0.6) is 0 Å². The molecule has 5 heteroatoms. The number of aryl methyl sites for hydroxylation is 1. The Labute approximate surface area is 86.1 Å². The molecule has 0 unspecified atom stereocenters. The van der Waals surface area contributed by atoms with E-state index in [0.29, 0.717) is 9.08 Å². The Kier molecular flexibility index (Phi) is 2.85. The molecule has 0 aromatic carbocycles. The molecule has 0 atom stereocenters. The molecule has 3 nitrogen and oxygen atoms in total. The first-order valence-electron chi connectivity index (χ1n) is 3.08. The number of aromatic nitrogens is 1. The first-order valence-corrected chi connectivity index (χ1v) is 4.66. The second kappa shape index (κ2) is 3.53. The van der Waals surface area contributed by atoms with Gasteiger partial charge in [-0.25, -0.2) is 9.78 Å². The second-order valence-corrected chi connectivity index (χ2v) is 3.77. The summed E-state index contributed by atoms with van der Waals surface area (Å²) in [7, 11) is 0. The van der Waals surface area contributed by atoms with Crippen molar-refractivity contribution in [2.75, 3.05) is 0 Å². The second-order valence-electron chi connectivity index (χ2n) is 2.23. The summed E-state index contributed by atoms with van der Waals surface area (Å²) >= 11 is 6.24. The SMILES string of the molecule is Cc1cnc(Br)c(C(=O)O)c1Br. The van der Waals surface area contributed by atoms with Crippen LogP contribution >= 0.6 is 31.9 Å². The van der Waals surface area contributed by atoms with Crippen molar-refractivity contribution in [1.82, 2.24) is 4.98 Å². The third kappa shape index (κ3) is 1.67. The summed E-state index contributed by atoms with van der Waals surface area (Å²) in [4.78, 5) is 14.6. The maximum absolute atomic E-state index is 10.7. The smallest absolute Gasteiger partial charge is 0.339 e. The molecule has 0 fully saturated rings. The van der Waals surface area contributed by atoms with Crippen molar-refractivity contribution in [3.63, 3.8) is 0 Å². The molecule has 0 spiro atoms. The first kappa shape index (κ1) is 9.67. The maximum atomic E-state index is 10.7. The van der Waals surface area contributed by atoms with Gasteiger partial charge in [-0.05, 0) is 44.3 Å². The highest BCUT2D eigenvalue weighted by molar-refractivity contribution is 9.11. The molecule has 1 heterocycles. The van der Waals surface area contributed by atoms with Crippen LogP contribution in [0.2, 0.25) is 0 Å². The van der Waals surface area contributed by atoms with Crippen molar-refractivity contribution >= 4 is 37.8 Å². The van der Waals surface area contributed by atoms with Gasteiger partial charge in [0.15, 0.2) is 0 Å². The Bertz CT molecular complexity index is 338. The van der Waals surface area contributed by atoms with E-state index < -0.39 is 5.97 Å². The number of carbonyl (C=O) groups is 1. The molecule has 0 radical (unpaired) electrons. The van der Waals surface area contributed by atoms with E-state index in [1.807, 2.05) is 0 Å². The minimum absolute atomic E-state index is 0.162. The summed E-state index contributed by atoms with van der Waals surface area (Å²) in [6.45, 7) is 1.79. The standard InChI is InChI=1S/C7H5Br2NO2/c1-3-2-10-6(9)4(5(3)8)7(11)12/h2H,1H3,(H,11,12). The normalized spacial score (nSPS) is 9.92. The number of hydrogen-bond donors (Lipinski definition) is 1. The van der Waals surface area contributed by atoms with E-state index in [2.05, 4.69) is 36.8 Å². The number of aromatic carboxylic acids is 1. The van der Waals surface area contributed by atoms with Crippen molar-refractivity contribution in [2.24, 2.45) is 0 Å². The lowest BCUT2D eigenvalue weighted by molar-refractivity contribution is 0.0694. The van der Waals surface area contributed by atoms with Crippen molar-refractivity contribution in [2.45, 2.75) is 6.92 Å². The Morgan fingerprint density at radius 2 is 2.17 bits per heavy atom. The van der Waals surface area contributed by atoms with E-state index in [0.717, 1.165) is 5.56 Å². The van der Waals surface area contributed by atoms with Gasteiger partial charge in [0.1, 0.15) is 10.2 Å². The van der Waals surface area contributed by atoms with Gasteiger partial charge in [-0.15, -0.1) is 0 Å². The van der Waals surface area contributed by atoms with Gasteiger partial charge in [0, 0.05) is 10.7 Å². The molecular weight excluding hydrogens is 290 g/mol. The minimum atomic E-state index is -0.995. The molecular formula is C7H5Br2NO2. The van der Waals surface area contributed by atoms with Gasteiger partial charge in [-0.1, -0.05) is 0 Å². The largest absolute Gasteiger partial charge is 0.478 e. The zero-order valence-electron chi connectivity index (χ0n) is 6.14. The zero-order valence-corrected chi connectivity index (χ0v) is 9.31. The van der Waals surface area contributed by atoms with Gasteiger partial charge in [0.05, 0.1) is 0 Å². The zero-order chi connectivity index (χ0) is 9.30. The monoisotopic (exact) mass is 293 g/mol. The van der Waals surface area contributed by atoms with Gasteiger partial charge in [-0.2, -0.15) is 0 Å². The predicted octanol–water partition coefficient (Wildman–Crippen LogP) is 2.61. The van der Waals surface area contributed by atoms with Crippen LogP contribution in [-0.4, -0.2) is 16.1 Å². The molecule has 0 aliphatic carbocycles. The lowest BCUT2D eigenvalue weighted by Crippen LogP contribution is -2.02. The molecule has 0 aliphatic rings. The molecule has 0 aliphatic heterocycles. The number of carboxylic acid groups (broad SMARTS) is 1. The highest BCUT2D eigenvalue weighted by Gasteiger charge is 2.15. The van der Waals surface area contributed by atoms with E-state index in [1.165, 1.54) is 0 Å². The summed E-state index contributed by atoms with van der Waals surface area (Å²) in [6.07, 6.45) is 1.60. The van der Waals surface area contributed by atoms with Gasteiger partial charge in [-0.3, -0.25) is 0 Å². The predicted molar refractivity (Wildman–Crippen MR) is 51.3 cm³/mol. The van der Waals surface area contributed by atoms with Crippen LogP contribution in [0.3, 0.4) is 0 Å². The first-order chi connectivity index (χ1) is 5.54. The topological polar surface area (TPSA) is 50.2 Å². The van der Waals surface area contributed by atoms with Crippen LogP contribution in [-0.2, 0) is 0 Å². The maximum Gasteiger partial charge on any atom is 0.339 e. The fraction of sp³-hybridized carbons (Fsp3) is 0.143. The van der Waals surface area contributed by atoms with Crippen molar-refractivity contribution in [1.29, 1.82) is 0 Å². The van der Waals surface area contributed by atoms with Crippen LogP contribution < -0.4 is 0 Å². The van der Waals surface area contributed by atoms with Crippen LogP contribution in [0.15, 0.2) is 15.3 Å². The van der Waals surface area contributed by atoms with E-state index in [1.54, 1.807) is 13.1 Å². The van der Waals surface area contributed by atoms with E-state index in [9.17, 15) is 4.79 Å². The van der Waals surface area contributed by atoms with E-state index >= 15 is 0 Å². The Balaban J connectivity index is 3.43. The summed E-state index contributed by atoms with van der Waals surface area (Å²) < 4.78 is 0.907. The Morgan fingerprint density at radius 1 is 1.58 bits per heavy atom. The summed E-state index contributed by atoms with van der Waals surface area (Å²) in [5, 5.41) is 8.77. The van der Waals surface area contributed by atoms with E-state index in [-0.39, 0.29) is 5.56 Å². The summed E-state index contributed by atoms with van der Waals surface area (Å²) in [5.74, 6) is -0.995. The van der Waals surface area contributed by atoms with Crippen molar-refractivity contribution in [3.05, 3.63) is 26.4 Å². The lowest BCUT2D eigenvalue weighted by Gasteiger charge is -2.03. The van der Waals surface area contributed by atoms with Gasteiger partial charge >= 0.3 is 5.97 Å². The van der Waals surface area contributed by atoms with Gasteiger partial charge in [0.25, 0.3) is 0 Å². The van der Waals surface area contributed by atoms with Crippen LogP contribution in [0.25, 0.3) is 0 Å². The lowest BCUT2D eigenvalue weighted by atomic mass is 10.2. The van der Waals surface area contributed by atoms with Crippen molar-refractivity contribution in [3.8, 4) is 0 Å². The quantitative estimate of drug-likeness (QED) is 0.810. The number of halogens is 2. The van der Waals surface area contributed by atoms with E-state index in [4.69, 9.17) is 5.11 Å².